The lowest BCUT2D eigenvalue weighted by Crippen LogP contribution is -1.96. The zero-order valence-corrected chi connectivity index (χ0v) is 10.0. The Hall–Kier alpha value is -1.46. The Morgan fingerprint density at radius 3 is 2.53 bits per heavy atom. The molecule has 1 aromatic heterocycles. The molecule has 0 bridgehead atoms. The van der Waals surface area contributed by atoms with Crippen LogP contribution < -0.4 is 0 Å². The van der Waals surface area contributed by atoms with Crippen LogP contribution in [0.1, 0.15) is 0 Å². The summed E-state index contributed by atoms with van der Waals surface area (Å²) < 4.78 is 35.6. The fraction of sp³-hybridized carbons (Fsp3) is 0. The predicted molar refractivity (Wildman–Crippen MR) is 62.7 cm³/mol. The third-order valence-electron chi connectivity index (χ3n) is 2.19. The molecule has 2 rings (SSSR count). The van der Waals surface area contributed by atoms with Crippen molar-refractivity contribution in [3.8, 4) is 11.1 Å². The van der Waals surface area contributed by atoms with Gasteiger partial charge < -0.3 is 0 Å². The van der Waals surface area contributed by atoms with Gasteiger partial charge >= 0.3 is 0 Å². The van der Waals surface area contributed by atoms with Crippen molar-refractivity contribution in [2.45, 2.75) is 4.90 Å². The van der Waals surface area contributed by atoms with E-state index in [1.165, 1.54) is 12.1 Å². The zero-order chi connectivity index (χ0) is 12.5. The second-order valence-electron chi connectivity index (χ2n) is 3.32. The minimum absolute atomic E-state index is 0.527. The molecule has 3 nitrogen and oxygen atoms in total. The molecule has 0 amide bonds. The lowest BCUT2D eigenvalue weighted by molar-refractivity contribution is 0.576. The summed E-state index contributed by atoms with van der Waals surface area (Å²) in [5.74, 6) is -0.868. The SMILES string of the molecule is O=S(=O)(Cl)c1cc(-c2cccnc2)ccc1F. The monoisotopic (exact) mass is 271 g/mol. The van der Waals surface area contributed by atoms with Gasteiger partial charge in [-0.15, -0.1) is 0 Å². The topological polar surface area (TPSA) is 47.0 Å². The van der Waals surface area contributed by atoms with Gasteiger partial charge in [0.1, 0.15) is 10.7 Å². The minimum Gasteiger partial charge on any atom is -0.264 e. The van der Waals surface area contributed by atoms with Crippen LogP contribution in [0, 0.1) is 5.82 Å². The van der Waals surface area contributed by atoms with Crippen LogP contribution in [0.5, 0.6) is 0 Å². The second kappa shape index (κ2) is 4.43. The Morgan fingerprint density at radius 1 is 1.18 bits per heavy atom. The van der Waals surface area contributed by atoms with Gasteiger partial charge in [0.2, 0.25) is 0 Å². The lowest BCUT2D eigenvalue weighted by atomic mass is 10.1. The van der Waals surface area contributed by atoms with Crippen LogP contribution in [0.3, 0.4) is 0 Å². The Balaban J connectivity index is 2.61. The van der Waals surface area contributed by atoms with Crippen LogP contribution in [-0.4, -0.2) is 13.4 Å². The average Bonchev–Trinajstić information content (AvgIpc) is 2.29. The molecular formula is C11H7ClFNO2S. The second-order valence-corrected chi connectivity index (χ2v) is 5.86. The van der Waals surface area contributed by atoms with Crippen LogP contribution in [-0.2, 0) is 9.05 Å². The number of benzene rings is 1. The van der Waals surface area contributed by atoms with Crippen LogP contribution in [0.15, 0.2) is 47.6 Å². The highest BCUT2D eigenvalue weighted by Crippen LogP contribution is 2.25. The van der Waals surface area contributed by atoms with E-state index < -0.39 is 19.8 Å². The standard InChI is InChI=1S/C11H7ClFNO2S/c12-17(15,16)11-6-8(3-4-10(11)13)9-2-1-5-14-7-9/h1-7H. The highest BCUT2D eigenvalue weighted by molar-refractivity contribution is 8.13. The highest BCUT2D eigenvalue weighted by Gasteiger charge is 2.16. The zero-order valence-electron chi connectivity index (χ0n) is 8.47. The van der Waals surface area contributed by atoms with Gasteiger partial charge in [-0.1, -0.05) is 12.1 Å². The molecule has 0 N–H and O–H groups in total. The third kappa shape index (κ3) is 2.62. The molecule has 0 aliphatic carbocycles. The van der Waals surface area contributed by atoms with Crippen molar-refractivity contribution < 1.29 is 12.8 Å². The first kappa shape index (κ1) is 12.0. The fourth-order valence-corrected chi connectivity index (χ4v) is 2.33. The molecule has 17 heavy (non-hydrogen) atoms. The van der Waals surface area contributed by atoms with Crippen molar-refractivity contribution >= 4 is 19.7 Å². The Kier molecular flexibility index (Phi) is 3.13. The molecule has 0 unspecified atom stereocenters. The van der Waals surface area contributed by atoms with Crippen LogP contribution in [0.4, 0.5) is 4.39 Å². The predicted octanol–water partition coefficient (Wildman–Crippen LogP) is 2.82. The van der Waals surface area contributed by atoms with Gasteiger partial charge in [0.25, 0.3) is 9.05 Å². The molecule has 0 atom stereocenters. The molecule has 0 spiro atoms. The maximum absolute atomic E-state index is 13.3. The molecular weight excluding hydrogens is 265 g/mol. The molecule has 0 saturated carbocycles. The maximum Gasteiger partial charge on any atom is 0.264 e. The molecule has 0 fully saturated rings. The lowest BCUT2D eigenvalue weighted by Gasteiger charge is -2.04. The summed E-state index contributed by atoms with van der Waals surface area (Å²) in [4.78, 5) is 3.37. The molecule has 88 valence electrons. The molecule has 0 saturated heterocycles. The van der Waals surface area contributed by atoms with Crippen molar-refractivity contribution in [1.29, 1.82) is 0 Å². The van der Waals surface area contributed by atoms with E-state index in [0.29, 0.717) is 11.1 Å². The van der Waals surface area contributed by atoms with Gasteiger partial charge in [0.05, 0.1) is 0 Å². The largest absolute Gasteiger partial charge is 0.264 e. The summed E-state index contributed by atoms with van der Waals surface area (Å²) in [5.41, 5.74) is 1.23. The Labute approximate surface area is 102 Å². The van der Waals surface area contributed by atoms with E-state index >= 15 is 0 Å². The van der Waals surface area contributed by atoms with Crippen LogP contribution in [0.25, 0.3) is 11.1 Å². The molecule has 0 aliphatic heterocycles. The smallest absolute Gasteiger partial charge is 0.264 e. The molecule has 1 aromatic carbocycles. The van der Waals surface area contributed by atoms with Crippen molar-refractivity contribution in [2.24, 2.45) is 0 Å². The maximum atomic E-state index is 13.3. The van der Waals surface area contributed by atoms with E-state index in [0.717, 1.165) is 6.07 Å². The number of aromatic nitrogens is 1. The Morgan fingerprint density at radius 2 is 1.94 bits per heavy atom. The molecule has 0 aliphatic rings. The number of pyridine rings is 1. The first-order valence-electron chi connectivity index (χ1n) is 4.63. The summed E-state index contributed by atoms with van der Waals surface area (Å²) in [7, 11) is 1.05. The van der Waals surface area contributed by atoms with E-state index in [1.807, 2.05) is 0 Å². The van der Waals surface area contributed by atoms with Crippen molar-refractivity contribution in [2.75, 3.05) is 0 Å². The summed E-state index contributed by atoms with van der Waals surface area (Å²) in [5, 5.41) is 0. The number of rotatable bonds is 2. The molecule has 6 heteroatoms. The summed E-state index contributed by atoms with van der Waals surface area (Å²) in [6, 6.07) is 7.17. The number of nitrogens with zero attached hydrogens (tertiary/aromatic N) is 1. The minimum atomic E-state index is -4.09. The van der Waals surface area contributed by atoms with E-state index in [2.05, 4.69) is 4.98 Å². The van der Waals surface area contributed by atoms with Gasteiger partial charge in [-0.3, -0.25) is 4.98 Å². The van der Waals surface area contributed by atoms with E-state index in [1.54, 1.807) is 24.5 Å². The first-order valence-corrected chi connectivity index (χ1v) is 6.94. The van der Waals surface area contributed by atoms with E-state index in [-0.39, 0.29) is 0 Å². The van der Waals surface area contributed by atoms with Gasteiger partial charge in [0.15, 0.2) is 0 Å². The molecule has 1 heterocycles. The van der Waals surface area contributed by atoms with E-state index in [4.69, 9.17) is 10.7 Å². The molecule has 0 radical (unpaired) electrons. The first-order chi connectivity index (χ1) is 7.98. The quantitative estimate of drug-likeness (QED) is 0.789. The summed E-state index contributed by atoms with van der Waals surface area (Å²) >= 11 is 0. The normalized spacial score (nSPS) is 11.4. The molecule has 2 aromatic rings. The summed E-state index contributed by atoms with van der Waals surface area (Å²) in [6.07, 6.45) is 3.14. The number of halogens is 2. The van der Waals surface area contributed by atoms with Crippen molar-refractivity contribution in [3.63, 3.8) is 0 Å². The van der Waals surface area contributed by atoms with Gasteiger partial charge in [0, 0.05) is 28.6 Å². The number of hydrogen-bond acceptors (Lipinski definition) is 3. The average molecular weight is 272 g/mol. The van der Waals surface area contributed by atoms with Gasteiger partial charge in [-0.25, -0.2) is 12.8 Å². The third-order valence-corrected chi connectivity index (χ3v) is 3.53. The van der Waals surface area contributed by atoms with Crippen LogP contribution in [0.2, 0.25) is 0 Å². The fourth-order valence-electron chi connectivity index (χ4n) is 1.40. The van der Waals surface area contributed by atoms with E-state index in [9.17, 15) is 12.8 Å². The van der Waals surface area contributed by atoms with Crippen molar-refractivity contribution in [3.05, 3.63) is 48.5 Å². The van der Waals surface area contributed by atoms with Gasteiger partial charge in [-0.05, 0) is 23.8 Å². The number of hydrogen-bond donors (Lipinski definition) is 0. The summed E-state index contributed by atoms with van der Waals surface area (Å²) in [6.45, 7) is 0. The van der Waals surface area contributed by atoms with Crippen molar-refractivity contribution in [1.82, 2.24) is 4.98 Å². The van der Waals surface area contributed by atoms with Gasteiger partial charge in [-0.2, -0.15) is 0 Å². The Bertz CT molecular complexity index is 644. The highest BCUT2D eigenvalue weighted by atomic mass is 35.7. The van der Waals surface area contributed by atoms with Crippen LogP contribution >= 0.6 is 10.7 Å².